The van der Waals surface area contributed by atoms with Crippen LogP contribution in [-0.2, 0) is 12.8 Å². The smallest absolute Gasteiger partial charge is 0.167 e. The molecular formula is C18H19NO. The molecule has 0 amide bonds. The fraction of sp³-hybridized carbons (Fsp3) is 0.278. The van der Waals surface area contributed by atoms with Gasteiger partial charge in [-0.2, -0.15) is 0 Å². The largest absolute Gasteiger partial charge is 0.384 e. The average Bonchev–Trinajstić information content (AvgIpc) is 2.90. The molecule has 2 aromatic carbocycles. The fourth-order valence-corrected chi connectivity index (χ4v) is 2.68. The third-order valence-electron chi connectivity index (χ3n) is 4.07. The first-order valence-corrected chi connectivity index (χ1v) is 7.09. The van der Waals surface area contributed by atoms with Gasteiger partial charge in [0.05, 0.1) is 0 Å². The van der Waals surface area contributed by atoms with Gasteiger partial charge in [-0.3, -0.25) is 4.79 Å². The Kier molecular flexibility index (Phi) is 3.31. The second-order valence-corrected chi connectivity index (χ2v) is 5.57. The number of hydrogen-bond donors (Lipinski definition) is 1. The van der Waals surface area contributed by atoms with Gasteiger partial charge in [0.15, 0.2) is 5.78 Å². The van der Waals surface area contributed by atoms with E-state index in [1.54, 1.807) is 0 Å². The van der Waals surface area contributed by atoms with Gasteiger partial charge in [-0.05, 0) is 60.7 Å². The van der Waals surface area contributed by atoms with Gasteiger partial charge >= 0.3 is 0 Å². The van der Waals surface area contributed by atoms with Crippen molar-refractivity contribution < 1.29 is 4.79 Å². The zero-order chi connectivity index (χ0) is 14.1. The van der Waals surface area contributed by atoms with E-state index in [0.717, 1.165) is 24.1 Å². The number of carbonyl (C=O) groups is 1. The summed E-state index contributed by atoms with van der Waals surface area (Å²) in [6, 6.07) is 12.2. The molecule has 20 heavy (non-hydrogen) atoms. The minimum atomic E-state index is 0.197. The molecule has 0 aliphatic carbocycles. The van der Waals surface area contributed by atoms with Crippen LogP contribution in [0.1, 0.15) is 32.6 Å². The maximum atomic E-state index is 12.4. The van der Waals surface area contributed by atoms with E-state index in [4.69, 9.17) is 0 Å². The summed E-state index contributed by atoms with van der Waals surface area (Å²) in [5.41, 5.74) is 6.87. The first-order valence-electron chi connectivity index (χ1n) is 7.09. The van der Waals surface area contributed by atoms with E-state index in [1.807, 2.05) is 18.2 Å². The van der Waals surface area contributed by atoms with Crippen LogP contribution in [0.15, 0.2) is 36.4 Å². The molecule has 0 bridgehead atoms. The van der Waals surface area contributed by atoms with E-state index in [0.29, 0.717) is 6.42 Å². The minimum Gasteiger partial charge on any atom is -0.384 e. The number of Topliss-reactive ketones (excluding diaryl/α,β-unsaturated/α-hetero) is 1. The Labute approximate surface area is 119 Å². The maximum absolute atomic E-state index is 12.4. The number of benzene rings is 2. The van der Waals surface area contributed by atoms with Gasteiger partial charge in [0.1, 0.15) is 0 Å². The molecule has 0 fully saturated rings. The van der Waals surface area contributed by atoms with Crippen molar-refractivity contribution in [1.29, 1.82) is 0 Å². The molecule has 3 rings (SSSR count). The number of hydrogen-bond acceptors (Lipinski definition) is 2. The maximum Gasteiger partial charge on any atom is 0.167 e. The zero-order valence-corrected chi connectivity index (χ0v) is 12.0. The molecule has 0 atom stereocenters. The van der Waals surface area contributed by atoms with Crippen molar-refractivity contribution in [2.75, 3.05) is 11.9 Å². The SMILES string of the molecule is Cc1ccc(CC(=O)c2ccc3c(c2)CCN3)cc1C. The number of ketones is 1. The van der Waals surface area contributed by atoms with Crippen molar-refractivity contribution in [2.45, 2.75) is 26.7 Å². The molecule has 0 unspecified atom stereocenters. The molecule has 0 saturated heterocycles. The van der Waals surface area contributed by atoms with Crippen LogP contribution in [0.25, 0.3) is 0 Å². The average molecular weight is 265 g/mol. The molecule has 0 saturated carbocycles. The predicted molar refractivity (Wildman–Crippen MR) is 82.6 cm³/mol. The molecule has 0 aromatic heterocycles. The Morgan fingerprint density at radius 3 is 2.75 bits per heavy atom. The van der Waals surface area contributed by atoms with E-state index in [2.05, 4.69) is 37.4 Å². The zero-order valence-electron chi connectivity index (χ0n) is 12.0. The number of rotatable bonds is 3. The summed E-state index contributed by atoms with van der Waals surface area (Å²) in [6.07, 6.45) is 1.49. The molecular weight excluding hydrogens is 246 g/mol. The van der Waals surface area contributed by atoms with Gasteiger partial charge in [-0.1, -0.05) is 18.2 Å². The van der Waals surface area contributed by atoms with Crippen molar-refractivity contribution >= 4 is 11.5 Å². The van der Waals surface area contributed by atoms with E-state index in [1.165, 1.54) is 22.4 Å². The van der Waals surface area contributed by atoms with Gasteiger partial charge in [-0.15, -0.1) is 0 Å². The highest BCUT2D eigenvalue weighted by atomic mass is 16.1. The standard InChI is InChI=1S/C18H19NO/c1-12-3-4-14(9-13(12)2)10-18(20)16-5-6-17-15(11-16)7-8-19-17/h3-6,9,11,19H,7-8,10H2,1-2H3. The van der Waals surface area contributed by atoms with Crippen molar-refractivity contribution in [3.63, 3.8) is 0 Å². The highest BCUT2D eigenvalue weighted by Gasteiger charge is 2.14. The second kappa shape index (κ2) is 5.12. The Bertz CT molecular complexity index is 673. The Morgan fingerprint density at radius 2 is 1.95 bits per heavy atom. The number of carbonyl (C=O) groups excluding carboxylic acids is 1. The van der Waals surface area contributed by atoms with Gasteiger partial charge in [0.25, 0.3) is 0 Å². The Balaban J connectivity index is 1.80. The number of fused-ring (bicyclic) bond motifs is 1. The molecule has 2 aromatic rings. The lowest BCUT2D eigenvalue weighted by molar-refractivity contribution is 0.0993. The van der Waals surface area contributed by atoms with Crippen molar-refractivity contribution in [1.82, 2.24) is 0 Å². The highest BCUT2D eigenvalue weighted by Crippen LogP contribution is 2.23. The van der Waals surface area contributed by atoms with E-state index >= 15 is 0 Å². The van der Waals surface area contributed by atoms with Crippen LogP contribution < -0.4 is 5.32 Å². The summed E-state index contributed by atoms with van der Waals surface area (Å²) in [5, 5.41) is 3.32. The third kappa shape index (κ3) is 2.46. The quantitative estimate of drug-likeness (QED) is 0.857. The van der Waals surface area contributed by atoms with Gasteiger partial charge in [0, 0.05) is 24.2 Å². The Morgan fingerprint density at radius 1 is 1.10 bits per heavy atom. The summed E-state index contributed by atoms with van der Waals surface area (Å²) in [6.45, 7) is 5.16. The van der Waals surface area contributed by atoms with E-state index < -0.39 is 0 Å². The van der Waals surface area contributed by atoms with Crippen molar-refractivity contribution in [3.8, 4) is 0 Å². The molecule has 1 aliphatic rings. The predicted octanol–water partition coefficient (Wildman–Crippen LogP) is 3.70. The Hall–Kier alpha value is -2.09. The molecule has 0 radical (unpaired) electrons. The van der Waals surface area contributed by atoms with Crippen LogP contribution in [0.4, 0.5) is 5.69 Å². The fourth-order valence-electron chi connectivity index (χ4n) is 2.68. The second-order valence-electron chi connectivity index (χ2n) is 5.57. The summed E-state index contributed by atoms with van der Waals surface area (Å²) in [5.74, 6) is 0.197. The minimum absolute atomic E-state index is 0.197. The molecule has 2 nitrogen and oxygen atoms in total. The lowest BCUT2D eigenvalue weighted by atomic mass is 9.98. The van der Waals surface area contributed by atoms with Gasteiger partial charge in [0.2, 0.25) is 0 Å². The number of anilines is 1. The van der Waals surface area contributed by atoms with Crippen LogP contribution >= 0.6 is 0 Å². The van der Waals surface area contributed by atoms with Crippen molar-refractivity contribution in [3.05, 3.63) is 64.2 Å². The van der Waals surface area contributed by atoms with Gasteiger partial charge in [-0.25, -0.2) is 0 Å². The van der Waals surface area contributed by atoms with Crippen molar-refractivity contribution in [2.24, 2.45) is 0 Å². The third-order valence-corrected chi connectivity index (χ3v) is 4.07. The topological polar surface area (TPSA) is 29.1 Å². The lowest BCUT2D eigenvalue weighted by Gasteiger charge is -2.06. The number of nitrogens with one attached hydrogen (secondary N) is 1. The monoisotopic (exact) mass is 265 g/mol. The van der Waals surface area contributed by atoms with E-state index in [-0.39, 0.29) is 5.78 Å². The molecule has 1 N–H and O–H groups in total. The highest BCUT2D eigenvalue weighted by molar-refractivity contribution is 5.98. The number of aryl methyl sites for hydroxylation is 2. The van der Waals surface area contributed by atoms with Crippen LogP contribution in [0, 0.1) is 13.8 Å². The first kappa shape index (κ1) is 12.9. The lowest BCUT2D eigenvalue weighted by Crippen LogP contribution is -2.04. The van der Waals surface area contributed by atoms with Crippen LogP contribution in [-0.4, -0.2) is 12.3 Å². The molecule has 0 spiro atoms. The van der Waals surface area contributed by atoms with Gasteiger partial charge < -0.3 is 5.32 Å². The molecule has 102 valence electrons. The van der Waals surface area contributed by atoms with Crippen LogP contribution in [0.3, 0.4) is 0 Å². The molecule has 2 heteroatoms. The van der Waals surface area contributed by atoms with Crippen LogP contribution in [0.2, 0.25) is 0 Å². The normalized spacial score (nSPS) is 12.9. The first-order chi connectivity index (χ1) is 9.63. The molecule has 1 aliphatic heterocycles. The summed E-state index contributed by atoms with van der Waals surface area (Å²) < 4.78 is 0. The summed E-state index contributed by atoms with van der Waals surface area (Å²) in [7, 11) is 0. The summed E-state index contributed by atoms with van der Waals surface area (Å²) >= 11 is 0. The van der Waals surface area contributed by atoms with E-state index in [9.17, 15) is 4.79 Å². The van der Waals surface area contributed by atoms with Crippen LogP contribution in [0.5, 0.6) is 0 Å². The molecule has 1 heterocycles. The summed E-state index contributed by atoms with van der Waals surface area (Å²) in [4.78, 5) is 12.4.